The molecule has 0 aromatic carbocycles. The molecule has 1 aromatic rings. The van der Waals surface area contributed by atoms with Gasteiger partial charge in [0.25, 0.3) is 0 Å². The van der Waals surface area contributed by atoms with E-state index in [-0.39, 0.29) is 17.4 Å². The van der Waals surface area contributed by atoms with Crippen molar-refractivity contribution in [2.75, 3.05) is 14.2 Å². The zero-order chi connectivity index (χ0) is 23.5. The van der Waals surface area contributed by atoms with Crippen LogP contribution in [-0.2, 0) is 32.0 Å². The van der Waals surface area contributed by atoms with Gasteiger partial charge in [-0.25, -0.2) is 0 Å². The second-order valence-corrected chi connectivity index (χ2v) is 10.1. The molecule has 0 amide bonds. The average molecular weight is 446 g/mol. The van der Waals surface area contributed by atoms with Gasteiger partial charge < -0.3 is 13.9 Å². The van der Waals surface area contributed by atoms with E-state index in [2.05, 4.69) is 25.7 Å². The van der Waals surface area contributed by atoms with Crippen LogP contribution in [0.15, 0.2) is 28.9 Å². The van der Waals surface area contributed by atoms with E-state index in [0.29, 0.717) is 18.4 Å². The van der Waals surface area contributed by atoms with Crippen LogP contribution < -0.4 is 5.32 Å². The van der Waals surface area contributed by atoms with E-state index in [1.54, 1.807) is 13.2 Å². The van der Waals surface area contributed by atoms with E-state index in [1.807, 2.05) is 6.07 Å². The summed E-state index contributed by atoms with van der Waals surface area (Å²) in [7, 11) is 2.90. The monoisotopic (exact) mass is 445 g/mol. The van der Waals surface area contributed by atoms with Crippen molar-refractivity contribution < 1.29 is 23.5 Å². The number of hydrogen-bond donors (Lipinski definition) is 1. The molecule has 32 heavy (non-hydrogen) atoms. The minimum atomic E-state index is -0.421. The average Bonchev–Trinajstić information content (AvgIpc) is 3.22. The highest BCUT2D eigenvalue weighted by atomic mass is 16.5. The van der Waals surface area contributed by atoms with Crippen LogP contribution in [0.25, 0.3) is 0 Å². The number of rotatable bonds is 8. The molecule has 0 bridgehead atoms. The van der Waals surface area contributed by atoms with Gasteiger partial charge >= 0.3 is 11.9 Å². The molecule has 0 spiro atoms. The Morgan fingerprint density at radius 3 is 2.72 bits per heavy atom. The number of ether oxygens (including phenoxy) is 2. The van der Waals surface area contributed by atoms with Gasteiger partial charge in [0.1, 0.15) is 11.8 Å². The molecule has 1 heterocycles. The summed E-state index contributed by atoms with van der Waals surface area (Å²) in [5, 5.41) is 3.17. The number of carbonyl (C=O) groups excluding carboxylic acids is 2. The normalized spacial score (nSPS) is 31.0. The lowest BCUT2D eigenvalue weighted by molar-refractivity contribution is -0.168. The van der Waals surface area contributed by atoms with Gasteiger partial charge in [0.15, 0.2) is 0 Å². The van der Waals surface area contributed by atoms with Gasteiger partial charge in [0.05, 0.1) is 32.4 Å². The summed E-state index contributed by atoms with van der Waals surface area (Å²) in [6.07, 6.45) is 8.58. The standard InChI is InChI=1S/C26H39NO5/c1-17-8-11-22-25(3,13-7-14-26(22,4)24(29)31-6)20(17)10-9-19-12-15-32-21(19)16-27-18(2)23(28)30-5/h12,15,18,20,22,27H,1,7-11,13-14,16H2,2-6H3/t18-,20-,22-,25+,26+/m0/s1. The van der Waals surface area contributed by atoms with Crippen LogP contribution in [0.3, 0.4) is 0 Å². The number of fused-ring (bicyclic) bond motifs is 1. The Morgan fingerprint density at radius 1 is 1.28 bits per heavy atom. The lowest BCUT2D eigenvalue weighted by Crippen LogP contribution is -2.53. The number of methoxy groups -OCH3 is 2. The summed E-state index contributed by atoms with van der Waals surface area (Å²) in [6, 6.07) is 1.62. The lowest BCUT2D eigenvalue weighted by atomic mass is 9.46. The van der Waals surface area contributed by atoms with Crippen LogP contribution in [-0.4, -0.2) is 32.2 Å². The Morgan fingerprint density at radius 2 is 2.03 bits per heavy atom. The van der Waals surface area contributed by atoms with Gasteiger partial charge in [-0.15, -0.1) is 0 Å². The molecule has 2 saturated carbocycles. The van der Waals surface area contributed by atoms with Crippen molar-refractivity contribution in [1.29, 1.82) is 0 Å². The molecule has 1 aromatic heterocycles. The maximum Gasteiger partial charge on any atom is 0.322 e. The Balaban J connectivity index is 1.72. The van der Waals surface area contributed by atoms with E-state index in [9.17, 15) is 9.59 Å². The molecule has 178 valence electrons. The van der Waals surface area contributed by atoms with E-state index in [0.717, 1.165) is 56.3 Å². The third kappa shape index (κ3) is 4.52. The quantitative estimate of drug-likeness (QED) is 0.457. The second kappa shape index (κ2) is 9.82. The number of furan rings is 1. The molecule has 3 rings (SSSR count). The molecule has 0 unspecified atom stereocenters. The maximum atomic E-state index is 12.8. The molecule has 5 atom stereocenters. The van der Waals surface area contributed by atoms with Crippen LogP contribution in [0.1, 0.15) is 70.6 Å². The summed E-state index contributed by atoms with van der Waals surface area (Å²) in [6.45, 7) is 11.2. The zero-order valence-corrected chi connectivity index (χ0v) is 20.3. The third-order valence-electron chi connectivity index (χ3n) is 8.33. The number of esters is 2. The second-order valence-electron chi connectivity index (χ2n) is 10.1. The Kier molecular flexibility index (Phi) is 7.53. The summed E-state index contributed by atoms with van der Waals surface area (Å²) in [4.78, 5) is 24.4. The topological polar surface area (TPSA) is 77.8 Å². The van der Waals surface area contributed by atoms with Gasteiger partial charge in [0, 0.05) is 0 Å². The van der Waals surface area contributed by atoms with E-state index in [1.165, 1.54) is 19.8 Å². The molecule has 2 aliphatic carbocycles. The van der Waals surface area contributed by atoms with Crippen molar-refractivity contribution in [1.82, 2.24) is 5.32 Å². The number of hydrogen-bond acceptors (Lipinski definition) is 6. The highest BCUT2D eigenvalue weighted by Crippen LogP contribution is 2.62. The summed E-state index contributed by atoms with van der Waals surface area (Å²) < 4.78 is 15.7. The number of aryl methyl sites for hydroxylation is 1. The molecule has 6 heteroatoms. The molecular formula is C26H39NO5. The van der Waals surface area contributed by atoms with Gasteiger partial charge in [0.2, 0.25) is 0 Å². The fourth-order valence-corrected chi connectivity index (χ4v) is 6.51. The molecule has 6 nitrogen and oxygen atoms in total. The van der Waals surface area contributed by atoms with Crippen LogP contribution in [0.4, 0.5) is 0 Å². The third-order valence-corrected chi connectivity index (χ3v) is 8.33. The SMILES string of the molecule is C=C1CC[C@H]2[C@](C)(CCC[C@@]2(C)C(=O)OC)[C@H]1CCc1ccoc1CN[C@@H](C)C(=O)OC. The Bertz CT molecular complexity index is 845. The van der Waals surface area contributed by atoms with Gasteiger partial charge in [-0.05, 0) is 81.3 Å². The summed E-state index contributed by atoms with van der Waals surface area (Å²) >= 11 is 0. The largest absolute Gasteiger partial charge is 0.469 e. The van der Waals surface area contributed by atoms with Crippen molar-refractivity contribution in [3.63, 3.8) is 0 Å². The smallest absolute Gasteiger partial charge is 0.322 e. The van der Waals surface area contributed by atoms with E-state index < -0.39 is 11.5 Å². The zero-order valence-electron chi connectivity index (χ0n) is 20.3. The first-order valence-corrected chi connectivity index (χ1v) is 11.8. The maximum absolute atomic E-state index is 12.8. The molecule has 2 aliphatic rings. The Labute approximate surface area is 192 Å². The van der Waals surface area contributed by atoms with Crippen molar-refractivity contribution in [3.8, 4) is 0 Å². The highest BCUT2D eigenvalue weighted by molar-refractivity contribution is 5.77. The molecule has 0 aliphatic heterocycles. The fourth-order valence-electron chi connectivity index (χ4n) is 6.51. The minimum Gasteiger partial charge on any atom is -0.469 e. The van der Waals surface area contributed by atoms with Crippen molar-refractivity contribution >= 4 is 11.9 Å². The fraction of sp³-hybridized carbons (Fsp3) is 0.692. The summed E-state index contributed by atoms with van der Waals surface area (Å²) in [5.41, 5.74) is 2.08. The van der Waals surface area contributed by atoms with Crippen LogP contribution >= 0.6 is 0 Å². The van der Waals surface area contributed by atoms with Crippen LogP contribution in [0.2, 0.25) is 0 Å². The number of allylic oxidation sites excluding steroid dienone is 1. The van der Waals surface area contributed by atoms with Gasteiger partial charge in [-0.1, -0.05) is 25.5 Å². The molecular weight excluding hydrogens is 406 g/mol. The molecule has 2 fully saturated rings. The number of carbonyl (C=O) groups is 2. The van der Waals surface area contributed by atoms with Crippen molar-refractivity contribution in [2.24, 2.45) is 22.7 Å². The summed E-state index contributed by atoms with van der Waals surface area (Å²) in [5.74, 6) is 1.16. The Hall–Kier alpha value is -2.08. The van der Waals surface area contributed by atoms with Gasteiger partial charge in [-0.3, -0.25) is 14.9 Å². The predicted octanol–water partition coefficient (Wildman–Crippen LogP) is 4.82. The first kappa shape index (κ1) is 24.6. The molecule has 0 saturated heterocycles. The molecule has 1 N–H and O–H groups in total. The van der Waals surface area contributed by atoms with Crippen molar-refractivity contribution in [2.45, 2.75) is 78.3 Å². The van der Waals surface area contributed by atoms with Crippen LogP contribution in [0, 0.1) is 22.7 Å². The predicted molar refractivity (Wildman–Crippen MR) is 123 cm³/mol. The minimum absolute atomic E-state index is 0.0398. The van der Waals surface area contributed by atoms with E-state index >= 15 is 0 Å². The highest BCUT2D eigenvalue weighted by Gasteiger charge is 2.57. The van der Waals surface area contributed by atoms with Crippen molar-refractivity contribution in [3.05, 3.63) is 35.8 Å². The van der Waals surface area contributed by atoms with Gasteiger partial charge in [-0.2, -0.15) is 0 Å². The van der Waals surface area contributed by atoms with E-state index in [4.69, 9.17) is 13.9 Å². The first-order valence-electron chi connectivity index (χ1n) is 11.8. The van der Waals surface area contributed by atoms with Crippen LogP contribution in [0.5, 0.6) is 0 Å². The lowest BCUT2D eigenvalue weighted by Gasteiger charge is -2.57. The number of nitrogens with one attached hydrogen (secondary N) is 1. The first-order chi connectivity index (χ1) is 15.2. The molecule has 0 radical (unpaired) electrons.